The molecule has 0 amide bonds. The first-order valence-electron chi connectivity index (χ1n) is 8.71. The molecule has 124 valence electrons. The number of hydrogen-bond acceptors (Lipinski definition) is 2. The Balaban J connectivity index is 1.81. The zero-order chi connectivity index (χ0) is 16.8. The Hall–Kier alpha value is -2.16. The topological polar surface area (TPSA) is 15.3 Å². The summed E-state index contributed by atoms with van der Waals surface area (Å²) in [4.78, 5) is 2.39. The highest BCUT2D eigenvalue weighted by Crippen LogP contribution is 2.25. The fourth-order valence-electron chi connectivity index (χ4n) is 3.34. The Labute approximate surface area is 145 Å². The molecule has 0 aliphatic carbocycles. The molecule has 0 bridgehead atoms. The number of hydrogen-bond donors (Lipinski definition) is 1. The van der Waals surface area contributed by atoms with Crippen molar-refractivity contribution >= 4 is 10.8 Å². The second-order valence-electron chi connectivity index (χ2n) is 6.36. The first-order valence-corrected chi connectivity index (χ1v) is 8.71. The number of fused-ring (bicyclic) bond motifs is 1. The van der Waals surface area contributed by atoms with E-state index in [1.54, 1.807) is 0 Å². The Morgan fingerprint density at radius 1 is 0.875 bits per heavy atom. The maximum atomic E-state index is 3.67. The van der Waals surface area contributed by atoms with Gasteiger partial charge in [-0.3, -0.25) is 0 Å². The molecule has 0 saturated heterocycles. The van der Waals surface area contributed by atoms with E-state index in [0.29, 0.717) is 6.04 Å². The second-order valence-corrected chi connectivity index (χ2v) is 6.36. The summed E-state index contributed by atoms with van der Waals surface area (Å²) >= 11 is 0. The molecule has 1 atom stereocenters. The third-order valence-corrected chi connectivity index (χ3v) is 4.44. The molecule has 3 aromatic rings. The number of likely N-dealkylation sites (N-methyl/N-ethyl adjacent to an activating group) is 2. The van der Waals surface area contributed by atoms with Crippen LogP contribution in [0.3, 0.4) is 0 Å². The summed E-state index contributed by atoms with van der Waals surface area (Å²) in [6.07, 6.45) is 0. The van der Waals surface area contributed by atoms with Crippen LogP contribution in [0.1, 0.15) is 24.1 Å². The fourth-order valence-corrected chi connectivity index (χ4v) is 3.34. The Bertz CT molecular complexity index is 762. The monoisotopic (exact) mass is 318 g/mol. The summed E-state index contributed by atoms with van der Waals surface area (Å²) < 4.78 is 0. The van der Waals surface area contributed by atoms with E-state index in [2.05, 4.69) is 97.0 Å². The summed E-state index contributed by atoms with van der Waals surface area (Å²) in [5, 5.41) is 6.32. The summed E-state index contributed by atoms with van der Waals surface area (Å²) in [6, 6.07) is 26.3. The van der Waals surface area contributed by atoms with Gasteiger partial charge in [0.05, 0.1) is 0 Å². The highest BCUT2D eigenvalue weighted by molar-refractivity contribution is 5.86. The van der Waals surface area contributed by atoms with Gasteiger partial charge in [0, 0.05) is 19.1 Å². The summed E-state index contributed by atoms with van der Waals surface area (Å²) in [7, 11) is 2.20. The molecule has 3 aromatic carbocycles. The quantitative estimate of drug-likeness (QED) is 0.683. The molecular weight excluding hydrogens is 292 g/mol. The lowest BCUT2D eigenvalue weighted by atomic mass is 9.98. The molecule has 0 fully saturated rings. The van der Waals surface area contributed by atoms with Crippen molar-refractivity contribution in [2.24, 2.45) is 0 Å². The third kappa shape index (κ3) is 4.02. The molecule has 0 aromatic heterocycles. The minimum absolute atomic E-state index is 0.329. The summed E-state index contributed by atoms with van der Waals surface area (Å²) in [5.74, 6) is 0. The van der Waals surface area contributed by atoms with E-state index in [4.69, 9.17) is 0 Å². The molecule has 1 unspecified atom stereocenters. The molecule has 0 heterocycles. The van der Waals surface area contributed by atoms with Crippen LogP contribution in [0.2, 0.25) is 0 Å². The van der Waals surface area contributed by atoms with E-state index < -0.39 is 0 Å². The van der Waals surface area contributed by atoms with Gasteiger partial charge in [-0.05, 0) is 35.5 Å². The van der Waals surface area contributed by atoms with Gasteiger partial charge in [0.2, 0.25) is 0 Å². The minimum atomic E-state index is 0.329. The van der Waals surface area contributed by atoms with Crippen LogP contribution in [0, 0.1) is 0 Å². The first-order chi connectivity index (χ1) is 11.8. The number of benzene rings is 3. The second kappa shape index (κ2) is 8.09. The van der Waals surface area contributed by atoms with Gasteiger partial charge < -0.3 is 10.2 Å². The zero-order valence-electron chi connectivity index (χ0n) is 14.6. The van der Waals surface area contributed by atoms with Crippen LogP contribution in [-0.2, 0) is 6.54 Å². The molecule has 2 heteroatoms. The Morgan fingerprint density at radius 3 is 2.38 bits per heavy atom. The molecule has 3 rings (SSSR count). The molecule has 0 aliphatic rings. The molecule has 0 saturated carbocycles. The number of nitrogens with zero attached hydrogens (tertiary/aromatic N) is 1. The maximum absolute atomic E-state index is 3.67. The van der Waals surface area contributed by atoms with Crippen LogP contribution in [0.4, 0.5) is 0 Å². The van der Waals surface area contributed by atoms with Crippen LogP contribution in [-0.4, -0.2) is 25.0 Å². The van der Waals surface area contributed by atoms with Gasteiger partial charge >= 0.3 is 0 Å². The van der Waals surface area contributed by atoms with E-state index >= 15 is 0 Å². The molecule has 0 aliphatic heterocycles. The standard InChI is InChI=1S/C22H26N2/c1-3-23-22(17-24(2)16-18-10-5-4-6-11-18)21-15-9-13-19-12-7-8-14-20(19)21/h4-15,22-23H,3,16-17H2,1-2H3. The summed E-state index contributed by atoms with van der Waals surface area (Å²) in [6.45, 7) is 5.09. The van der Waals surface area contributed by atoms with Crippen LogP contribution >= 0.6 is 0 Å². The lowest BCUT2D eigenvalue weighted by Gasteiger charge is -2.26. The molecule has 2 nitrogen and oxygen atoms in total. The van der Waals surface area contributed by atoms with Gasteiger partial charge in [0.25, 0.3) is 0 Å². The van der Waals surface area contributed by atoms with Crippen LogP contribution in [0.25, 0.3) is 10.8 Å². The molecule has 0 radical (unpaired) electrons. The van der Waals surface area contributed by atoms with Crippen LogP contribution in [0.5, 0.6) is 0 Å². The lowest BCUT2D eigenvalue weighted by molar-refractivity contribution is 0.286. The van der Waals surface area contributed by atoms with E-state index in [1.807, 2.05) is 0 Å². The minimum Gasteiger partial charge on any atom is -0.309 e. The van der Waals surface area contributed by atoms with Gasteiger partial charge in [0.1, 0.15) is 0 Å². The van der Waals surface area contributed by atoms with Gasteiger partial charge in [-0.15, -0.1) is 0 Å². The largest absolute Gasteiger partial charge is 0.309 e. The molecule has 24 heavy (non-hydrogen) atoms. The van der Waals surface area contributed by atoms with Crippen molar-refractivity contribution in [3.8, 4) is 0 Å². The first kappa shape index (κ1) is 16.7. The SMILES string of the molecule is CCNC(CN(C)Cc1ccccc1)c1cccc2ccccc12. The molecule has 0 spiro atoms. The van der Waals surface area contributed by atoms with E-state index in [9.17, 15) is 0 Å². The normalized spacial score (nSPS) is 12.6. The van der Waals surface area contributed by atoms with E-state index in [0.717, 1.165) is 19.6 Å². The van der Waals surface area contributed by atoms with Crippen molar-refractivity contribution in [2.45, 2.75) is 19.5 Å². The van der Waals surface area contributed by atoms with E-state index in [-0.39, 0.29) is 0 Å². The predicted octanol–water partition coefficient (Wildman–Crippen LogP) is 4.62. The predicted molar refractivity (Wildman–Crippen MR) is 103 cm³/mol. The van der Waals surface area contributed by atoms with Crippen molar-refractivity contribution < 1.29 is 0 Å². The molecular formula is C22H26N2. The smallest absolute Gasteiger partial charge is 0.0455 e. The average Bonchev–Trinajstić information content (AvgIpc) is 2.62. The van der Waals surface area contributed by atoms with Gasteiger partial charge in [-0.2, -0.15) is 0 Å². The average molecular weight is 318 g/mol. The van der Waals surface area contributed by atoms with Crippen molar-refractivity contribution in [3.63, 3.8) is 0 Å². The van der Waals surface area contributed by atoms with Crippen LogP contribution in [0.15, 0.2) is 72.8 Å². The molecule has 1 N–H and O–H groups in total. The lowest BCUT2D eigenvalue weighted by Crippen LogP contribution is -2.33. The van der Waals surface area contributed by atoms with Crippen molar-refractivity contribution in [1.29, 1.82) is 0 Å². The van der Waals surface area contributed by atoms with Gasteiger partial charge in [-0.25, -0.2) is 0 Å². The highest BCUT2D eigenvalue weighted by Gasteiger charge is 2.15. The maximum Gasteiger partial charge on any atom is 0.0455 e. The van der Waals surface area contributed by atoms with Crippen molar-refractivity contribution in [1.82, 2.24) is 10.2 Å². The third-order valence-electron chi connectivity index (χ3n) is 4.44. The number of rotatable bonds is 7. The zero-order valence-corrected chi connectivity index (χ0v) is 14.6. The van der Waals surface area contributed by atoms with Crippen molar-refractivity contribution in [3.05, 3.63) is 83.9 Å². The Kier molecular flexibility index (Phi) is 5.63. The van der Waals surface area contributed by atoms with Crippen LogP contribution < -0.4 is 5.32 Å². The van der Waals surface area contributed by atoms with Crippen molar-refractivity contribution in [2.75, 3.05) is 20.1 Å². The number of nitrogens with one attached hydrogen (secondary N) is 1. The van der Waals surface area contributed by atoms with Gasteiger partial charge in [0.15, 0.2) is 0 Å². The van der Waals surface area contributed by atoms with Gasteiger partial charge in [-0.1, -0.05) is 79.7 Å². The summed E-state index contributed by atoms with van der Waals surface area (Å²) in [5.41, 5.74) is 2.74. The fraction of sp³-hybridized carbons (Fsp3) is 0.273. The Morgan fingerprint density at radius 2 is 1.58 bits per heavy atom. The van der Waals surface area contributed by atoms with E-state index in [1.165, 1.54) is 21.9 Å². The highest BCUT2D eigenvalue weighted by atomic mass is 15.1.